The number of thiophene rings is 1. The van der Waals surface area contributed by atoms with Crippen molar-refractivity contribution in [1.82, 2.24) is 4.90 Å². The summed E-state index contributed by atoms with van der Waals surface area (Å²) < 4.78 is 27.6. The number of aryl methyl sites for hydroxylation is 1. The fraction of sp³-hybridized carbons (Fsp3) is 0.280. The first kappa shape index (κ1) is 23.1. The van der Waals surface area contributed by atoms with Crippen LogP contribution in [0.25, 0.3) is 0 Å². The summed E-state index contributed by atoms with van der Waals surface area (Å²) in [6.07, 6.45) is 0.724. The maximum atomic E-state index is 14.0. The Labute approximate surface area is 195 Å². The Kier molecular flexibility index (Phi) is 7.15. The van der Waals surface area contributed by atoms with Crippen molar-refractivity contribution in [2.75, 3.05) is 42.9 Å². The first-order chi connectivity index (χ1) is 15.9. The first-order valence-electron chi connectivity index (χ1n) is 10.9. The molecule has 3 aromatic rings. The Morgan fingerprint density at radius 1 is 1.00 bits per heavy atom. The van der Waals surface area contributed by atoms with Crippen LogP contribution in [0.2, 0.25) is 0 Å². The molecule has 1 aromatic heterocycles. The van der Waals surface area contributed by atoms with E-state index in [0.717, 1.165) is 11.3 Å². The van der Waals surface area contributed by atoms with Gasteiger partial charge in [-0.25, -0.2) is 8.78 Å². The fourth-order valence-electron chi connectivity index (χ4n) is 3.89. The SMILES string of the molecule is CCc1cc(C(=O)c2cccc(F)c2)c(NC(=O)CN2CCN(c3ccccc3F)CC2)s1. The number of carbonyl (C=O) groups excluding carboxylic acids is 2. The third kappa shape index (κ3) is 5.46. The van der Waals surface area contributed by atoms with Crippen LogP contribution in [-0.4, -0.2) is 49.3 Å². The second kappa shape index (κ2) is 10.2. The van der Waals surface area contributed by atoms with Gasteiger partial charge in [0.2, 0.25) is 5.91 Å². The summed E-state index contributed by atoms with van der Waals surface area (Å²) in [7, 11) is 0. The van der Waals surface area contributed by atoms with Crippen LogP contribution in [0.5, 0.6) is 0 Å². The lowest BCUT2D eigenvalue weighted by Gasteiger charge is -2.35. The Bertz CT molecular complexity index is 1160. The molecule has 2 heterocycles. The molecule has 1 aliphatic rings. The van der Waals surface area contributed by atoms with Gasteiger partial charge in [-0.05, 0) is 36.8 Å². The highest BCUT2D eigenvalue weighted by molar-refractivity contribution is 7.16. The summed E-state index contributed by atoms with van der Waals surface area (Å²) in [5.74, 6) is -1.26. The average molecular weight is 470 g/mol. The van der Waals surface area contributed by atoms with Gasteiger partial charge < -0.3 is 10.2 Å². The Morgan fingerprint density at radius 3 is 2.45 bits per heavy atom. The maximum absolute atomic E-state index is 14.0. The molecule has 4 rings (SSSR count). The van der Waals surface area contributed by atoms with Crippen LogP contribution < -0.4 is 10.2 Å². The molecule has 1 saturated heterocycles. The van der Waals surface area contributed by atoms with E-state index in [1.807, 2.05) is 22.8 Å². The molecule has 172 valence electrons. The molecule has 0 bridgehead atoms. The number of rotatable bonds is 7. The molecule has 1 fully saturated rings. The summed E-state index contributed by atoms with van der Waals surface area (Å²) in [5, 5.41) is 3.36. The Hall–Kier alpha value is -3.10. The van der Waals surface area contributed by atoms with Gasteiger partial charge in [0.05, 0.1) is 17.8 Å². The molecule has 33 heavy (non-hydrogen) atoms. The van der Waals surface area contributed by atoms with Crippen molar-refractivity contribution in [2.24, 2.45) is 0 Å². The van der Waals surface area contributed by atoms with Crippen LogP contribution >= 0.6 is 11.3 Å². The van der Waals surface area contributed by atoms with Crippen LogP contribution in [0.1, 0.15) is 27.7 Å². The molecule has 2 aromatic carbocycles. The number of nitrogens with zero attached hydrogens (tertiary/aromatic N) is 2. The zero-order chi connectivity index (χ0) is 23.4. The van der Waals surface area contributed by atoms with Crippen molar-refractivity contribution < 1.29 is 18.4 Å². The highest BCUT2D eigenvalue weighted by atomic mass is 32.1. The van der Waals surface area contributed by atoms with Crippen LogP contribution in [0.3, 0.4) is 0 Å². The zero-order valence-corrected chi connectivity index (χ0v) is 19.1. The predicted molar refractivity (Wildman–Crippen MR) is 127 cm³/mol. The predicted octanol–water partition coefficient (Wildman–Crippen LogP) is 4.58. The molecular weight excluding hydrogens is 444 g/mol. The second-order valence-electron chi connectivity index (χ2n) is 7.91. The summed E-state index contributed by atoms with van der Waals surface area (Å²) in [4.78, 5) is 30.7. The molecular formula is C25H25F2N3O2S. The Morgan fingerprint density at radius 2 is 1.76 bits per heavy atom. The molecule has 0 spiro atoms. The molecule has 8 heteroatoms. The van der Waals surface area contributed by atoms with Gasteiger partial charge in [0.25, 0.3) is 0 Å². The minimum Gasteiger partial charge on any atom is -0.367 e. The summed E-state index contributed by atoms with van der Waals surface area (Å²) in [6, 6.07) is 14.0. The van der Waals surface area contributed by atoms with Gasteiger partial charge in [0, 0.05) is 36.6 Å². The topological polar surface area (TPSA) is 52.7 Å². The van der Waals surface area contributed by atoms with Gasteiger partial charge in [0.15, 0.2) is 5.78 Å². The van der Waals surface area contributed by atoms with Crippen molar-refractivity contribution in [3.05, 3.63) is 82.2 Å². The standard InChI is InChI=1S/C25H25F2N3O2S/c1-2-19-15-20(24(32)17-6-5-7-18(26)14-17)25(33-19)28-23(31)16-29-10-12-30(13-11-29)22-9-4-3-8-21(22)27/h3-9,14-15H,2,10-13,16H2,1H3,(H,28,31). The van der Waals surface area contributed by atoms with Gasteiger partial charge in [-0.1, -0.05) is 31.2 Å². The van der Waals surface area contributed by atoms with Crippen LogP contribution in [0, 0.1) is 11.6 Å². The molecule has 0 unspecified atom stereocenters. The fourth-order valence-corrected chi connectivity index (χ4v) is 4.90. The van der Waals surface area contributed by atoms with Gasteiger partial charge in [-0.3, -0.25) is 14.5 Å². The van der Waals surface area contributed by atoms with E-state index in [0.29, 0.717) is 42.4 Å². The van der Waals surface area contributed by atoms with E-state index in [-0.39, 0.29) is 29.6 Å². The average Bonchev–Trinajstić information content (AvgIpc) is 3.22. The third-order valence-electron chi connectivity index (χ3n) is 5.65. The number of halogens is 2. The number of para-hydroxylation sites is 1. The number of amides is 1. The summed E-state index contributed by atoms with van der Waals surface area (Å²) >= 11 is 1.36. The molecule has 5 nitrogen and oxygen atoms in total. The van der Waals surface area contributed by atoms with Crippen molar-refractivity contribution >= 4 is 33.7 Å². The number of hydrogen-bond donors (Lipinski definition) is 1. The minimum absolute atomic E-state index is 0.179. The van der Waals surface area contributed by atoms with Crippen molar-refractivity contribution in [2.45, 2.75) is 13.3 Å². The Balaban J connectivity index is 1.39. The smallest absolute Gasteiger partial charge is 0.239 e. The third-order valence-corrected chi connectivity index (χ3v) is 6.84. The van der Waals surface area contributed by atoms with Crippen LogP contribution in [0.4, 0.5) is 19.5 Å². The molecule has 1 N–H and O–H groups in total. The number of piperazine rings is 1. The van der Waals surface area contributed by atoms with Crippen molar-refractivity contribution in [3.63, 3.8) is 0 Å². The lowest BCUT2D eigenvalue weighted by molar-refractivity contribution is -0.117. The molecule has 1 aliphatic heterocycles. The first-order valence-corrected chi connectivity index (χ1v) is 11.7. The van der Waals surface area contributed by atoms with Gasteiger partial charge in [-0.15, -0.1) is 11.3 Å². The lowest BCUT2D eigenvalue weighted by Crippen LogP contribution is -2.48. The molecule has 0 aliphatic carbocycles. The van der Waals surface area contributed by atoms with E-state index in [1.54, 1.807) is 24.3 Å². The van der Waals surface area contributed by atoms with E-state index in [4.69, 9.17) is 0 Å². The molecule has 0 radical (unpaired) electrons. The number of ketones is 1. The minimum atomic E-state index is -0.480. The van der Waals surface area contributed by atoms with Gasteiger partial charge in [-0.2, -0.15) is 0 Å². The van der Waals surface area contributed by atoms with E-state index >= 15 is 0 Å². The summed E-state index contributed by atoms with van der Waals surface area (Å²) in [6.45, 7) is 4.65. The van der Waals surface area contributed by atoms with Gasteiger partial charge in [0.1, 0.15) is 16.6 Å². The van der Waals surface area contributed by atoms with Gasteiger partial charge >= 0.3 is 0 Å². The summed E-state index contributed by atoms with van der Waals surface area (Å²) in [5.41, 5.74) is 1.20. The quantitative estimate of drug-likeness (QED) is 0.515. The van der Waals surface area contributed by atoms with Crippen LogP contribution in [-0.2, 0) is 11.2 Å². The number of nitrogens with one attached hydrogen (secondary N) is 1. The largest absolute Gasteiger partial charge is 0.367 e. The second-order valence-corrected chi connectivity index (χ2v) is 9.05. The van der Waals surface area contributed by atoms with E-state index in [9.17, 15) is 18.4 Å². The van der Waals surface area contributed by atoms with E-state index in [1.165, 1.54) is 35.6 Å². The lowest BCUT2D eigenvalue weighted by atomic mass is 10.0. The van der Waals surface area contributed by atoms with E-state index < -0.39 is 5.82 Å². The molecule has 0 atom stereocenters. The highest BCUT2D eigenvalue weighted by Gasteiger charge is 2.23. The van der Waals surface area contributed by atoms with Crippen LogP contribution in [0.15, 0.2) is 54.6 Å². The monoisotopic (exact) mass is 469 g/mol. The van der Waals surface area contributed by atoms with Crippen molar-refractivity contribution in [1.29, 1.82) is 0 Å². The zero-order valence-electron chi connectivity index (χ0n) is 18.3. The maximum Gasteiger partial charge on any atom is 0.239 e. The van der Waals surface area contributed by atoms with Crippen molar-refractivity contribution in [3.8, 4) is 0 Å². The number of hydrogen-bond acceptors (Lipinski definition) is 5. The molecule has 0 saturated carbocycles. The highest BCUT2D eigenvalue weighted by Crippen LogP contribution is 2.31. The number of carbonyl (C=O) groups is 2. The number of benzene rings is 2. The molecule has 1 amide bonds. The number of anilines is 2. The van der Waals surface area contributed by atoms with E-state index in [2.05, 4.69) is 5.32 Å². The normalized spacial score (nSPS) is 14.3.